The molecule has 2 heterocycles. The van der Waals surface area contributed by atoms with Crippen LogP contribution in [0.2, 0.25) is 5.02 Å². The van der Waals surface area contributed by atoms with Crippen molar-refractivity contribution in [3.8, 4) is 5.82 Å². The maximum Gasteiger partial charge on any atom is 0.273 e. The fourth-order valence-electron chi connectivity index (χ4n) is 2.73. The largest absolute Gasteiger partial charge is 0.391 e. The van der Waals surface area contributed by atoms with Gasteiger partial charge in [0.1, 0.15) is 5.69 Å². The second-order valence-corrected chi connectivity index (χ2v) is 6.84. The number of pyridine rings is 1. The van der Waals surface area contributed by atoms with Crippen LogP contribution in [0.5, 0.6) is 0 Å². The minimum Gasteiger partial charge on any atom is -0.391 e. The summed E-state index contributed by atoms with van der Waals surface area (Å²) in [5.74, 6) is 0.553. The summed E-state index contributed by atoms with van der Waals surface area (Å²) in [4.78, 5) is 18.5. The molecule has 24 heavy (non-hydrogen) atoms. The summed E-state index contributed by atoms with van der Waals surface area (Å²) in [6.45, 7) is 4.11. The lowest BCUT2D eigenvalue weighted by atomic mass is 10.2. The van der Waals surface area contributed by atoms with Crippen molar-refractivity contribution in [3.63, 3.8) is 0 Å². The molecular formula is C17H21ClN4O2. The smallest absolute Gasteiger partial charge is 0.273 e. The first kappa shape index (κ1) is 16.9. The Morgan fingerprint density at radius 3 is 2.75 bits per heavy atom. The summed E-state index contributed by atoms with van der Waals surface area (Å²) >= 11 is 6.18. The Kier molecular flexibility index (Phi) is 4.60. The fourth-order valence-corrected chi connectivity index (χ4v) is 2.92. The topological polar surface area (TPSA) is 71.2 Å². The van der Waals surface area contributed by atoms with Gasteiger partial charge in [0.2, 0.25) is 0 Å². The Hall–Kier alpha value is -1.92. The lowest BCUT2D eigenvalue weighted by Gasteiger charge is -2.21. The molecule has 1 N–H and O–H groups in total. The molecule has 0 aliphatic heterocycles. The van der Waals surface area contributed by atoms with Gasteiger partial charge in [-0.2, -0.15) is 5.10 Å². The molecule has 0 radical (unpaired) electrons. The average molecular weight is 349 g/mol. The number of aliphatic hydroxyl groups excluding tert-OH is 1. The van der Waals surface area contributed by atoms with Crippen LogP contribution in [0, 0.1) is 19.8 Å². The number of aliphatic hydroxyl groups is 1. The van der Waals surface area contributed by atoms with Crippen LogP contribution in [0.25, 0.3) is 5.82 Å². The first-order chi connectivity index (χ1) is 11.4. The highest BCUT2D eigenvalue weighted by molar-refractivity contribution is 6.33. The van der Waals surface area contributed by atoms with Gasteiger partial charge in [-0.15, -0.1) is 0 Å². The predicted octanol–water partition coefficient (Wildman–Crippen LogP) is 2.38. The zero-order chi connectivity index (χ0) is 17.4. The summed E-state index contributed by atoms with van der Waals surface area (Å²) in [5, 5.41) is 14.7. The number of nitrogens with zero attached hydrogens (tertiary/aromatic N) is 4. The van der Waals surface area contributed by atoms with Gasteiger partial charge in [0.05, 0.1) is 16.8 Å². The highest BCUT2D eigenvalue weighted by atomic mass is 35.5. The Balaban J connectivity index is 1.85. The molecule has 7 heteroatoms. The van der Waals surface area contributed by atoms with Crippen molar-refractivity contribution in [1.29, 1.82) is 0 Å². The minimum atomic E-state index is -0.489. The van der Waals surface area contributed by atoms with Gasteiger partial charge in [0.15, 0.2) is 5.82 Å². The third kappa shape index (κ3) is 3.44. The van der Waals surface area contributed by atoms with E-state index in [1.165, 1.54) is 4.90 Å². The third-order valence-corrected chi connectivity index (χ3v) is 4.54. The third-order valence-electron chi connectivity index (χ3n) is 4.23. The number of amides is 1. The SMILES string of the molecule is Cc1cc(C)n(-c2ccc(Cl)c(C(=O)N(C)CC(O)C3CC3)n2)n1. The van der Waals surface area contributed by atoms with Crippen LogP contribution < -0.4 is 0 Å². The van der Waals surface area contributed by atoms with E-state index in [-0.39, 0.29) is 23.2 Å². The molecule has 0 saturated heterocycles. The van der Waals surface area contributed by atoms with Crippen LogP contribution in [0.15, 0.2) is 18.2 Å². The molecule has 0 bridgehead atoms. The number of carbonyl (C=O) groups excluding carboxylic acids is 1. The first-order valence-corrected chi connectivity index (χ1v) is 8.38. The molecule has 1 fully saturated rings. The van der Waals surface area contributed by atoms with Crippen LogP contribution in [0.1, 0.15) is 34.7 Å². The van der Waals surface area contributed by atoms with Gasteiger partial charge in [0.25, 0.3) is 5.91 Å². The Labute approximate surface area is 146 Å². The quantitative estimate of drug-likeness (QED) is 0.900. The Bertz CT molecular complexity index is 770. The Morgan fingerprint density at radius 2 is 2.17 bits per heavy atom. The lowest BCUT2D eigenvalue weighted by Crippen LogP contribution is -2.36. The molecule has 0 aromatic carbocycles. The van der Waals surface area contributed by atoms with E-state index in [0.29, 0.717) is 11.7 Å². The van der Waals surface area contributed by atoms with Crippen molar-refractivity contribution < 1.29 is 9.90 Å². The first-order valence-electron chi connectivity index (χ1n) is 8.00. The van der Waals surface area contributed by atoms with Crippen LogP contribution in [-0.2, 0) is 0 Å². The van der Waals surface area contributed by atoms with Crippen molar-refractivity contribution >= 4 is 17.5 Å². The van der Waals surface area contributed by atoms with Gasteiger partial charge in [-0.3, -0.25) is 4.79 Å². The molecule has 3 rings (SSSR count). The molecule has 1 saturated carbocycles. The summed E-state index contributed by atoms with van der Waals surface area (Å²) in [7, 11) is 1.65. The van der Waals surface area contributed by atoms with Gasteiger partial charge in [-0.1, -0.05) is 11.6 Å². The van der Waals surface area contributed by atoms with E-state index in [2.05, 4.69) is 10.1 Å². The van der Waals surface area contributed by atoms with Crippen molar-refractivity contribution in [1.82, 2.24) is 19.7 Å². The normalized spacial score (nSPS) is 15.4. The fraction of sp³-hybridized carbons (Fsp3) is 0.471. The van der Waals surface area contributed by atoms with E-state index in [1.807, 2.05) is 19.9 Å². The highest BCUT2D eigenvalue weighted by Gasteiger charge is 2.31. The zero-order valence-electron chi connectivity index (χ0n) is 14.0. The van der Waals surface area contributed by atoms with E-state index < -0.39 is 6.10 Å². The van der Waals surface area contributed by atoms with Gasteiger partial charge in [-0.05, 0) is 50.8 Å². The molecule has 1 atom stereocenters. The van der Waals surface area contributed by atoms with Crippen molar-refractivity contribution in [2.75, 3.05) is 13.6 Å². The number of halogens is 1. The lowest BCUT2D eigenvalue weighted by molar-refractivity contribution is 0.0640. The maximum atomic E-state index is 12.7. The van der Waals surface area contributed by atoms with E-state index in [9.17, 15) is 9.90 Å². The second-order valence-electron chi connectivity index (χ2n) is 6.43. The molecule has 1 amide bonds. The second kappa shape index (κ2) is 6.53. The molecule has 1 aliphatic rings. The molecule has 0 spiro atoms. The Morgan fingerprint density at radius 1 is 1.46 bits per heavy atom. The summed E-state index contributed by atoms with van der Waals surface area (Å²) in [6.07, 6.45) is 1.56. The molecule has 1 aliphatic carbocycles. The summed E-state index contributed by atoms with van der Waals surface area (Å²) < 4.78 is 1.68. The van der Waals surface area contributed by atoms with Gasteiger partial charge in [0, 0.05) is 19.3 Å². The summed E-state index contributed by atoms with van der Waals surface area (Å²) in [5.41, 5.74) is 1.98. The summed E-state index contributed by atoms with van der Waals surface area (Å²) in [6, 6.07) is 5.33. The zero-order valence-corrected chi connectivity index (χ0v) is 14.8. The van der Waals surface area contributed by atoms with Gasteiger partial charge < -0.3 is 10.0 Å². The number of rotatable bonds is 5. The van der Waals surface area contributed by atoms with Gasteiger partial charge in [-0.25, -0.2) is 9.67 Å². The number of aromatic nitrogens is 3. The van der Waals surface area contributed by atoms with Crippen molar-refractivity contribution in [2.45, 2.75) is 32.8 Å². The van der Waals surface area contributed by atoms with E-state index in [0.717, 1.165) is 24.2 Å². The van der Waals surface area contributed by atoms with Crippen molar-refractivity contribution in [2.24, 2.45) is 5.92 Å². The number of hydrogen-bond donors (Lipinski definition) is 1. The van der Waals surface area contributed by atoms with Crippen LogP contribution in [0.3, 0.4) is 0 Å². The number of aryl methyl sites for hydroxylation is 2. The van der Waals surface area contributed by atoms with Crippen molar-refractivity contribution in [3.05, 3.63) is 40.3 Å². The predicted molar refractivity (Wildman–Crippen MR) is 91.5 cm³/mol. The molecule has 128 valence electrons. The van der Waals surface area contributed by atoms with Crippen LogP contribution in [0.4, 0.5) is 0 Å². The van der Waals surface area contributed by atoms with Crippen LogP contribution >= 0.6 is 11.6 Å². The van der Waals surface area contributed by atoms with E-state index in [1.54, 1.807) is 23.9 Å². The average Bonchev–Trinajstić information content (AvgIpc) is 3.32. The molecular weight excluding hydrogens is 328 g/mol. The molecule has 6 nitrogen and oxygen atoms in total. The monoisotopic (exact) mass is 348 g/mol. The molecule has 2 aromatic rings. The van der Waals surface area contributed by atoms with E-state index >= 15 is 0 Å². The molecule has 2 aromatic heterocycles. The van der Waals surface area contributed by atoms with E-state index in [4.69, 9.17) is 11.6 Å². The minimum absolute atomic E-state index is 0.173. The number of hydrogen-bond acceptors (Lipinski definition) is 4. The van der Waals surface area contributed by atoms with Crippen LogP contribution in [-0.4, -0.2) is 50.4 Å². The number of likely N-dealkylation sites (N-methyl/N-ethyl adjacent to an activating group) is 1. The van der Waals surface area contributed by atoms with Gasteiger partial charge >= 0.3 is 0 Å². The molecule has 1 unspecified atom stereocenters. The highest BCUT2D eigenvalue weighted by Crippen LogP contribution is 2.33. The standard InChI is InChI=1S/C17H21ClN4O2/c1-10-8-11(2)22(20-10)15-7-6-13(18)16(19-15)17(24)21(3)9-14(23)12-4-5-12/h6-8,12,14,23H,4-5,9H2,1-3H3. The number of carbonyl (C=O) groups is 1. The maximum absolute atomic E-state index is 12.7.